The first-order chi connectivity index (χ1) is 13.7. The number of fused-ring (bicyclic) bond motifs is 1. The van der Waals surface area contributed by atoms with Gasteiger partial charge < -0.3 is 14.4 Å². The number of aromatic nitrogens is 1. The molecular weight excluding hydrogens is 372 g/mol. The number of nitrogens with zero attached hydrogens (tertiary/aromatic N) is 2. The molecule has 5 nitrogen and oxygen atoms in total. The SMILES string of the molecule is COc1ccc(OC)c(/C=C/C(=O)N2CCC[C@H]2c2nc3ccccc3s2)c1. The van der Waals surface area contributed by atoms with E-state index in [1.54, 1.807) is 37.7 Å². The van der Waals surface area contributed by atoms with E-state index in [4.69, 9.17) is 14.5 Å². The van der Waals surface area contributed by atoms with Crippen molar-refractivity contribution in [3.05, 3.63) is 59.1 Å². The van der Waals surface area contributed by atoms with Gasteiger partial charge in [-0.25, -0.2) is 4.98 Å². The molecule has 0 spiro atoms. The molecule has 6 heteroatoms. The van der Waals surface area contributed by atoms with Crippen LogP contribution in [0.3, 0.4) is 0 Å². The highest BCUT2D eigenvalue weighted by Crippen LogP contribution is 2.36. The maximum absolute atomic E-state index is 12.9. The molecule has 1 amide bonds. The topological polar surface area (TPSA) is 51.7 Å². The van der Waals surface area contributed by atoms with Crippen molar-refractivity contribution in [1.82, 2.24) is 9.88 Å². The summed E-state index contributed by atoms with van der Waals surface area (Å²) in [4.78, 5) is 19.6. The number of para-hydroxylation sites is 1. The Kier molecular flexibility index (Phi) is 5.30. The Morgan fingerprint density at radius 1 is 1.21 bits per heavy atom. The molecule has 1 aromatic heterocycles. The van der Waals surface area contributed by atoms with Gasteiger partial charge in [-0.3, -0.25) is 4.79 Å². The molecule has 28 heavy (non-hydrogen) atoms. The van der Waals surface area contributed by atoms with Crippen LogP contribution in [0.1, 0.15) is 29.5 Å². The fourth-order valence-corrected chi connectivity index (χ4v) is 4.66. The van der Waals surface area contributed by atoms with Crippen molar-refractivity contribution in [2.45, 2.75) is 18.9 Å². The first-order valence-corrected chi connectivity index (χ1v) is 10.1. The van der Waals surface area contributed by atoms with Crippen LogP contribution in [0.15, 0.2) is 48.5 Å². The van der Waals surface area contributed by atoms with Gasteiger partial charge in [-0.15, -0.1) is 11.3 Å². The van der Waals surface area contributed by atoms with Crippen molar-refractivity contribution in [2.75, 3.05) is 20.8 Å². The molecule has 144 valence electrons. The third-order valence-corrected chi connectivity index (χ3v) is 6.11. The van der Waals surface area contributed by atoms with E-state index < -0.39 is 0 Å². The van der Waals surface area contributed by atoms with Crippen molar-refractivity contribution in [3.63, 3.8) is 0 Å². The van der Waals surface area contributed by atoms with Gasteiger partial charge in [0.25, 0.3) is 0 Å². The fraction of sp³-hybridized carbons (Fsp3) is 0.273. The molecule has 3 aromatic rings. The van der Waals surface area contributed by atoms with Crippen LogP contribution in [0.2, 0.25) is 0 Å². The predicted octanol–water partition coefficient (Wildman–Crippen LogP) is 4.69. The largest absolute Gasteiger partial charge is 0.497 e. The molecular formula is C22H22N2O3S. The van der Waals surface area contributed by atoms with E-state index in [0.717, 1.165) is 45.9 Å². The smallest absolute Gasteiger partial charge is 0.247 e. The van der Waals surface area contributed by atoms with Gasteiger partial charge in [0.15, 0.2) is 0 Å². The zero-order valence-corrected chi connectivity index (χ0v) is 16.7. The highest BCUT2D eigenvalue weighted by Gasteiger charge is 2.31. The summed E-state index contributed by atoms with van der Waals surface area (Å²) in [7, 11) is 3.23. The summed E-state index contributed by atoms with van der Waals surface area (Å²) in [6.45, 7) is 0.749. The summed E-state index contributed by atoms with van der Waals surface area (Å²) in [5, 5.41) is 1.01. The summed E-state index contributed by atoms with van der Waals surface area (Å²) < 4.78 is 11.8. The van der Waals surface area contributed by atoms with Crippen molar-refractivity contribution in [3.8, 4) is 11.5 Å². The molecule has 2 heterocycles. The van der Waals surface area contributed by atoms with Gasteiger partial charge in [-0.2, -0.15) is 0 Å². The maximum Gasteiger partial charge on any atom is 0.247 e. The second-order valence-electron chi connectivity index (χ2n) is 6.65. The number of carbonyl (C=O) groups excluding carboxylic acids is 1. The maximum atomic E-state index is 12.9. The molecule has 0 aliphatic carbocycles. The lowest BCUT2D eigenvalue weighted by atomic mass is 10.1. The van der Waals surface area contributed by atoms with E-state index in [0.29, 0.717) is 5.75 Å². The highest BCUT2D eigenvalue weighted by atomic mass is 32.1. The van der Waals surface area contributed by atoms with Crippen molar-refractivity contribution < 1.29 is 14.3 Å². The number of likely N-dealkylation sites (tertiary alicyclic amines) is 1. The quantitative estimate of drug-likeness (QED) is 0.589. The van der Waals surface area contributed by atoms with E-state index in [1.165, 1.54) is 0 Å². The summed E-state index contributed by atoms with van der Waals surface area (Å²) in [6, 6.07) is 13.7. The molecule has 1 aliphatic rings. The zero-order chi connectivity index (χ0) is 19.5. The number of thiazole rings is 1. The van der Waals surface area contributed by atoms with Crippen LogP contribution in [-0.2, 0) is 4.79 Å². The van der Waals surface area contributed by atoms with Gasteiger partial charge in [0.2, 0.25) is 5.91 Å². The average molecular weight is 394 g/mol. The van der Waals surface area contributed by atoms with Crippen LogP contribution in [-0.4, -0.2) is 36.6 Å². The van der Waals surface area contributed by atoms with Gasteiger partial charge in [-0.05, 0) is 49.2 Å². The first kappa shape index (κ1) is 18.5. The number of amides is 1. The normalized spacial score (nSPS) is 16.8. The zero-order valence-electron chi connectivity index (χ0n) is 15.9. The summed E-state index contributed by atoms with van der Waals surface area (Å²) >= 11 is 1.68. The highest BCUT2D eigenvalue weighted by molar-refractivity contribution is 7.18. The van der Waals surface area contributed by atoms with Crippen LogP contribution in [0.25, 0.3) is 16.3 Å². The summed E-state index contributed by atoms with van der Waals surface area (Å²) in [5.41, 5.74) is 1.81. The van der Waals surface area contributed by atoms with Crippen LogP contribution in [0.5, 0.6) is 11.5 Å². The molecule has 1 atom stereocenters. The molecule has 0 unspecified atom stereocenters. The molecule has 1 fully saturated rings. The number of ether oxygens (including phenoxy) is 2. The van der Waals surface area contributed by atoms with Crippen molar-refractivity contribution >= 4 is 33.5 Å². The summed E-state index contributed by atoms with van der Waals surface area (Å²) in [6.07, 6.45) is 5.34. The molecule has 0 bridgehead atoms. The van der Waals surface area contributed by atoms with Gasteiger partial charge in [-0.1, -0.05) is 12.1 Å². The number of rotatable bonds is 5. The Labute approximate surface area is 168 Å². The van der Waals surface area contributed by atoms with E-state index in [1.807, 2.05) is 41.3 Å². The second-order valence-corrected chi connectivity index (χ2v) is 7.71. The minimum absolute atomic E-state index is 0.00775. The van der Waals surface area contributed by atoms with Crippen LogP contribution < -0.4 is 9.47 Å². The Bertz CT molecular complexity index is 995. The molecule has 1 aliphatic heterocycles. The minimum atomic E-state index is -0.00775. The van der Waals surface area contributed by atoms with Crippen molar-refractivity contribution in [2.24, 2.45) is 0 Å². The van der Waals surface area contributed by atoms with E-state index in [9.17, 15) is 4.79 Å². The number of carbonyl (C=O) groups is 1. The van der Waals surface area contributed by atoms with Gasteiger partial charge >= 0.3 is 0 Å². The van der Waals surface area contributed by atoms with Crippen LogP contribution in [0, 0.1) is 0 Å². The van der Waals surface area contributed by atoms with E-state index in [2.05, 4.69) is 6.07 Å². The van der Waals surface area contributed by atoms with E-state index in [-0.39, 0.29) is 11.9 Å². The molecule has 1 saturated heterocycles. The Hall–Kier alpha value is -2.86. The molecule has 0 N–H and O–H groups in total. The van der Waals surface area contributed by atoms with Gasteiger partial charge in [0.05, 0.1) is 30.5 Å². The third-order valence-electron chi connectivity index (χ3n) is 4.97. The lowest BCUT2D eigenvalue weighted by Crippen LogP contribution is -2.28. The van der Waals surface area contributed by atoms with E-state index >= 15 is 0 Å². The second kappa shape index (κ2) is 8.02. The molecule has 4 rings (SSSR count). The lowest BCUT2D eigenvalue weighted by Gasteiger charge is -2.21. The van der Waals surface area contributed by atoms with Crippen molar-refractivity contribution in [1.29, 1.82) is 0 Å². The standard InChI is InChI=1S/C22H22N2O3S/c1-26-16-10-11-19(27-2)15(14-16)9-12-21(25)24-13-5-7-18(24)22-23-17-6-3-4-8-20(17)28-22/h3-4,6,8-12,14,18H,5,7,13H2,1-2H3/b12-9+/t18-/m0/s1. The Morgan fingerprint density at radius 3 is 2.86 bits per heavy atom. The van der Waals surface area contributed by atoms with Gasteiger partial charge in [0, 0.05) is 18.2 Å². The fourth-order valence-electron chi connectivity index (χ4n) is 3.55. The third kappa shape index (κ3) is 3.60. The summed E-state index contributed by atoms with van der Waals surface area (Å²) in [5.74, 6) is 1.42. The lowest BCUT2D eigenvalue weighted by molar-refractivity contribution is -0.126. The van der Waals surface area contributed by atoms with Crippen LogP contribution >= 0.6 is 11.3 Å². The Balaban J connectivity index is 1.56. The molecule has 0 saturated carbocycles. The molecule has 0 radical (unpaired) electrons. The minimum Gasteiger partial charge on any atom is -0.497 e. The number of hydrogen-bond donors (Lipinski definition) is 0. The number of benzene rings is 2. The Morgan fingerprint density at radius 2 is 2.07 bits per heavy atom. The monoisotopic (exact) mass is 394 g/mol. The molecule has 2 aromatic carbocycles. The number of methoxy groups -OCH3 is 2. The predicted molar refractivity (Wildman–Crippen MR) is 112 cm³/mol. The van der Waals surface area contributed by atoms with Gasteiger partial charge in [0.1, 0.15) is 16.5 Å². The first-order valence-electron chi connectivity index (χ1n) is 9.26. The average Bonchev–Trinajstić information content (AvgIpc) is 3.38. The number of hydrogen-bond acceptors (Lipinski definition) is 5. The van der Waals surface area contributed by atoms with Crippen LogP contribution in [0.4, 0.5) is 0 Å².